The lowest BCUT2D eigenvalue weighted by Crippen LogP contribution is -2.62. The maximum absolute atomic E-state index is 6.99. The van der Waals surface area contributed by atoms with Crippen molar-refractivity contribution in [3.63, 3.8) is 0 Å². The van der Waals surface area contributed by atoms with Crippen LogP contribution in [0.1, 0.15) is 111 Å². The minimum absolute atomic E-state index is 0.169. The first-order chi connectivity index (χ1) is 21.9. The highest BCUT2D eigenvalue weighted by Crippen LogP contribution is 2.68. The molecule has 4 rings (SSSR count). The zero-order valence-corrected chi connectivity index (χ0v) is 29.5. The summed E-state index contributed by atoms with van der Waals surface area (Å²) in [5.74, 6) is 3.85. The van der Waals surface area contributed by atoms with Crippen LogP contribution in [0.3, 0.4) is 0 Å². The predicted octanol–water partition coefficient (Wildman–Crippen LogP) is 4.81. The van der Waals surface area contributed by atoms with Crippen LogP contribution in [0.2, 0.25) is 0 Å². The minimum atomic E-state index is 0.169. The van der Waals surface area contributed by atoms with Crippen LogP contribution in [0, 0.1) is 46.3 Å². The van der Waals surface area contributed by atoms with E-state index in [1.165, 1.54) is 51.4 Å². The van der Waals surface area contributed by atoms with E-state index in [1.54, 1.807) is 0 Å². The van der Waals surface area contributed by atoms with Gasteiger partial charge in [-0.2, -0.15) is 0 Å². The molecule has 0 aliphatic heterocycles. The summed E-state index contributed by atoms with van der Waals surface area (Å²) in [6, 6.07) is 0. The number of ether oxygens (including phenoxy) is 3. The maximum Gasteiger partial charge on any atom is 0.0637 e. The van der Waals surface area contributed by atoms with Gasteiger partial charge in [-0.25, -0.2) is 0 Å². The van der Waals surface area contributed by atoms with Gasteiger partial charge in [0.1, 0.15) is 0 Å². The van der Waals surface area contributed by atoms with Gasteiger partial charge in [0, 0.05) is 25.2 Å². The second-order valence-corrected chi connectivity index (χ2v) is 15.8. The summed E-state index contributed by atoms with van der Waals surface area (Å²) in [6.45, 7) is 15.1. The average molecular weight is 636 g/mol. The van der Waals surface area contributed by atoms with E-state index in [0.29, 0.717) is 67.3 Å². The zero-order chi connectivity index (χ0) is 32.3. The number of fused-ring (bicyclic) bond motifs is 3. The highest BCUT2D eigenvalue weighted by atomic mass is 16.5. The number of nitrogens with two attached hydrogens (primary N) is 4. The standard InChI is InChI=1S/C37H73N5O3/c1-27(10-5-19-42-20-6-15-38)31-12-13-32-35-30(24-34(36(31,32)3)45-23-9-18-41)28(2)37(26-33(35)44-22-8-17-40)14-4-11-29(25-37)43-21-7-16-39/h27-35,42H,4-26,38-41H2,1-3H3/t27-,28+,29-,30-,31?,32+,33-,34+,35?,36?,37?/m1/s1. The van der Waals surface area contributed by atoms with Gasteiger partial charge in [-0.15, -0.1) is 0 Å². The molecular weight excluding hydrogens is 562 g/mol. The zero-order valence-electron chi connectivity index (χ0n) is 29.5. The molecule has 1 spiro atoms. The van der Waals surface area contributed by atoms with Crippen molar-refractivity contribution >= 4 is 0 Å². The van der Waals surface area contributed by atoms with Crippen molar-refractivity contribution in [3.05, 3.63) is 0 Å². The van der Waals surface area contributed by atoms with Gasteiger partial charge in [0.2, 0.25) is 0 Å². The van der Waals surface area contributed by atoms with Gasteiger partial charge < -0.3 is 42.5 Å². The molecule has 4 unspecified atom stereocenters. The normalized spacial score (nSPS) is 38.7. The van der Waals surface area contributed by atoms with Crippen LogP contribution in [0.4, 0.5) is 0 Å². The lowest BCUT2D eigenvalue weighted by Gasteiger charge is -2.63. The molecule has 8 heteroatoms. The van der Waals surface area contributed by atoms with Crippen LogP contribution in [-0.2, 0) is 14.2 Å². The quantitative estimate of drug-likeness (QED) is 0.120. The van der Waals surface area contributed by atoms with E-state index in [1.807, 2.05) is 0 Å². The summed E-state index contributed by atoms with van der Waals surface area (Å²) >= 11 is 0. The average Bonchev–Trinajstić information content (AvgIpc) is 3.39. The monoisotopic (exact) mass is 636 g/mol. The summed E-state index contributed by atoms with van der Waals surface area (Å²) in [5.41, 5.74) is 23.9. The van der Waals surface area contributed by atoms with Gasteiger partial charge in [0.15, 0.2) is 0 Å². The minimum Gasteiger partial charge on any atom is -0.378 e. The second kappa shape index (κ2) is 18.4. The Bertz CT molecular complexity index is 836. The van der Waals surface area contributed by atoms with E-state index < -0.39 is 0 Å². The fraction of sp³-hybridized carbons (Fsp3) is 1.00. The number of hydrogen-bond donors (Lipinski definition) is 5. The topological polar surface area (TPSA) is 144 Å². The Morgan fingerprint density at radius 1 is 0.800 bits per heavy atom. The van der Waals surface area contributed by atoms with Crippen molar-refractivity contribution in [1.29, 1.82) is 0 Å². The third-order valence-corrected chi connectivity index (χ3v) is 13.3. The van der Waals surface area contributed by atoms with Crippen molar-refractivity contribution in [2.45, 2.75) is 129 Å². The van der Waals surface area contributed by atoms with Crippen LogP contribution >= 0.6 is 0 Å². The summed E-state index contributed by atoms with van der Waals surface area (Å²) in [6.07, 6.45) is 17.2. The van der Waals surface area contributed by atoms with Gasteiger partial charge >= 0.3 is 0 Å². The van der Waals surface area contributed by atoms with E-state index in [0.717, 1.165) is 78.0 Å². The highest BCUT2D eigenvalue weighted by molar-refractivity contribution is 5.14. The molecule has 264 valence electrons. The van der Waals surface area contributed by atoms with Gasteiger partial charge in [0.05, 0.1) is 18.3 Å². The number of hydrogen-bond acceptors (Lipinski definition) is 8. The lowest BCUT2D eigenvalue weighted by molar-refractivity contribution is -0.218. The summed E-state index contributed by atoms with van der Waals surface area (Å²) in [7, 11) is 0. The lowest BCUT2D eigenvalue weighted by atomic mass is 9.44. The van der Waals surface area contributed by atoms with Gasteiger partial charge in [-0.3, -0.25) is 0 Å². The number of nitrogens with one attached hydrogen (secondary N) is 1. The number of rotatable bonds is 20. The fourth-order valence-corrected chi connectivity index (χ4v) is 11.0. The largest absolute Gasteiger partial charge is 0.378 e. The first kappa shape index (κ1) is 37.5. The molecule has 0 heterocycles. The van der Waals surface area contributed by atoms with E-state index in [2.05, 4.69) is 26.1 Å². The molecule has 8 nitrogen and oxygen atoms in total. The Kier molecular flexibility index (Phi) is 15.4. The Balaban J connectivity index is 1.58. The molecule has 4 aliphatic rings. The van der Waals surface area contributed by atoms with Crippen molar-refractivity contribution in [2.24, 2.45) is 69.3 Å². The predicted molar refractivity (Wildman–Crippen MR) is 186 cm³/mol. The fourth-order valence-electron chi connectivity index (χ4n) is 11.0. The smallest absolute Gasteiger partial charge is 0.0637 e. The molecule has 4 saturated carbocycles. The third kappa shape index (κ3) is 8.83. The molecule has 0 saturated heterocycles. The van der Waals surface area contributed by atoms with E-state index in [-0.39, 0.29) is 16.9 Å². The van der Waals surface area contributed by atoms with Gasteiger partial charge in [-0.1, -0.05) is 27.2 Å². The molecule has 0 bridgehead atoms. The Morgan fingerprint density at radius 3 is 2.18 bits per heavy atom. The Morgan fingerprint density at radius 2 is 1.47 bits per heavy atom. The SMILES string of the molecule is C[C@H](CCCNCCCN)C1CC[C@H]2C3[C@H](OCCCN)CC4(CCC[C@@H](OCCCN)C4)[C@@H](C)[C@H]3C[C@H](OCCCN)C12C. The first-order valence-corrected chi connectivity index (χ1v) is 19.2. The maximum atomic E-state index is 6.99. The Labute approximate surface area is 276 Å². The van der Waals surface area contributed by atoms with Crippen molar-refractivity contribution in [3.8, 4) is 0 Å². The molecule has 0 aromatic rings. The molecule has 0 radical (unpaired) electrons. The van der Waals surface area contributed by atoms with Crippen LogP contribution in [0.25, 0.3) is 0 Å². The van der Waals surface area contributed by atoms with E-state index in [4.69, 9.17) is 37.1 Å². The van der Waals surface area contributed by atoms with Crippen LogP contribution in [0.5, 0.6) is 0 Å². The third-order valence-electron chi connectivity index (χ3n) is 13.3. The van der Waals surface area contributed by atoms with Gasteiger partial charge in [0.25, 0.3) is 0 Å². The van der Waals surface area contributed by atoms with Crippen molar-refractivity contribution in [1.82, 2.24) is 5.32 Å². The van der Waals surface area contributed by atoms with E-state index in [9.17, 15) is 0 Å². The molecule has 45 heavy (non-hydrogen) atoms. The first-order valence-electron chi connectivity index (χ1n) is 19.2. The highest BCUT2D eigenvalue weighted by Gasteiger charge is 2.65. The van der Waals surface area contributed by atoms with Crippen molar-refractivity contribution < 1.29 is 14.2 Å². The summed E-state index contributed by atoms with van der Waals surface area (Å²) in [5, 5.41) is 3.60. The molecule has 0 aromatic heterocycles. The molecule has 11 atom stereocenters. The van der Waals surface area contributed by atoms with Crippen LogP contribution in [0.15, 0.2) is 0 Å². The molecular formula is C37H73N5O3. The summed E-state index contributed by atoms with van der Waals surface area (Å²) < 4.78 is 20.4. The molecule has 0 amide bonds. The van der Waals surface area contributed by atoms with Crippen LogP contribution in [-0.4, -0.2) is 77.4 Å². The van der Waals surface area contributed by atoms with Crippen molar-refractivity contribution in [2.75, 3.05) is 59.1 Å². The molecule has 0 aromatic carbocycles. The molecule has 4 fully saturated rings. The summed E-state index contributed by atoms with van der Waals surface area (Å²) in [4.78, 5) is 0. The molecule has 4 aliphatic carbocycles. The Hall–Kier alpha value is -0.320. The van der Waals surface area contributed by atoms with Gasteiger partial charge in [-0.05, 0) is 164 Å². The van der Waals surface area contributed by atoms with E-state index >= 15 is 0 Å². The molecule has 9 N–H and O–H groups in total. The van der Waals surface area contributed by atoms with Crippen LogP contribution < -0.4 is 28.3 Å². The second-order valence-electron chi connectivity index (χ2n) is 15.8.